The van der Waals surface area contributed by atoms with Gasteiger partial charge >= 0.3 is 0 Å². The number of amidine groups is 1. The molecular weight excluding hydrogens is 405 g/mol. The summed E-state index contributed by atoms with van der Waals surface area (Å²) < 4.78 is 38.5. The van der Waals surface area contributed by atoms with E-state index in [1.165, 1.54) is 30.0 Å². The van der Waals surface area contributed by atoms with Gasteiger partial charge in [-0.2, -0.15) is 0 Å². The molecule has 146 valence electrons. The number of fused-ring (bicyclic) bond motifs is 1. The van der Waals surface area contributed by atoms with Gasteiger partial charge in [-0.15, -0.1) is 0 Å². The Morgan fingerprint density at radius 2 is 1.89 bits per heavy atom. The lowest BCUT2D eigenvalue weighted by atomic mass is 10.1. The molecule has 0 aromatic heterocycles. The number of halogens is 1. The SMILES string of the molecule is O=[N+]([O-])c1ccc(CSC2=NC3CS(=O)(=O)CC3N2c2ccccc2F)cc1. The molecule has 2 aromatic rings. The Morgan fingerprint density at radius 3 is 2.57 bits per heavy atom. The minimum Gasteiger partial charge on any atom is -0.312 e. The van der Waals surface area contributed by atoms with Gasteiger partial charge in [0.05, 0.1) is 34.2 Å². The average Bonchev–Trinajstić information content (AvgIpc) is 3.12. The van der Waals surface area contributed by atoms with E-state index in [4.69, 9.17) is 0 Å². The number of nitro benzene ring substituents is 1. The van der Waals surface area contributed by atoms with Crippen molar-refractivity contribution < 1.29 is 17.7 Å². The standard InChI is InChI=1S/C18H16FN3O4S2/c19-14-3-1-2-4-16(14)21-17-11-28(25,26)10-15(17)20-18(21)27-9-12-5-7-13(8-6-12)22(23)24/h1-8,15,17H,9-11H2. The van der Waals surface area contributed by atoms with Gasteiger partial charge in [-0.1, -0.05) is 36.0 Å². The van der Waals surface area contributed by atoms with Crippen molar-refractivity contribution in [3.05, 3.63) is 70.0 Å². The van der Waals surface area contributed by atoms with Crippen LogP contribution >= 0.6 is 11.8 Å². The minimum atomic E-state index is -3.21. The predicted octanol–water partition coefficient (Wildman–Crippen LogP) is 3.01. The fourth-order valence-electron chi connectivity index (χ4n) is 3.42. The summed E-state index contributed by atoms with van der Waals surface area (Å²) in [6, 6.07) is 11.6. The Kier molecular flexibility index (Phi) is 4.84. The number of rotatable bonds is 4. The average molecular weight is 421 g/mol. The Balaban J connectivity index is 1.59. The number of benzene rings is 2. The van der Waals surface area contributed by atoms with Gasteiger partial charge in [0.25, 0.3) is 5.69 Å². The van der Waals surface area contributed by atoms with Crippen LogP contribution in [0, 0.1) is 15.9 Å². The zero-order valence-corrected chi connectivity index (χ0v) is 16.2. The third kappa shape index (κ3) is 3.61. The highest BCUT2D eigenvalue weighted by Crippen LogP contribution is 2.37. The van der Waals surface area contributed by atoms with Gasteiger partial charge in [-0.3, -0.25) is 15.1 Å². The zero-order valence-electron chi connectivity index (χ0n) is 14.6. The highest BCUT2D eigenvalue weighted by atomic mass is 32.2. The second-order valence-electron chi connectivity index (χ2n) is 6.66. The Bertz CT molecular complexity index is 1060. The summed E-state index contributed by atoms with van der Waals surface area (Å²) in [6.45, 7) is 0. The van der Waals surface area contributed by atoms with E-state index in [9.17, 15) is 22.9 Å². The smallest absolute Gasteiger partial charge is 0.269 e. The Hall–Kier alpha value is -2.46. The number of nitrogens with zero attached hydrogens (tertiary/aromatic N) is 3. The van der Waals surface area contributed by atoms with E-state index in [0.29, 0.717) is 16.6 Å². The van der Waals surface area contributed by atoms with Crippen molar-refractivity contribution in [3.63, 3.8) is 0 Å². The first-order valence-electron chi connectivity index (χ1n) is 8.52. The topological polar surface area (TPSA) is 92.9 Å². The van der Waals surface area contributed by atoms with Crippen molar-refractivity contribution >= 4 is 38.1 Å². The number of thioether (sulfide) groups is 1. The van der Waals surface area contributed by atoms with E-state index in [1.807, 2.05) is 0 Å². The fourth-order valence-corrected chi connectivity index (χ4v) is 6.34. The van der Waals surface area contributed by atoms with Gasteiger partial charge in [0.15, 0.2) is 15.0 Å². The highest BCUT2D eigenvalue weighted by Gasteiger charge is 2.47. The molecule has 0 aliphatic carbocycles. The monoisotopic (exact) mass is 421 g/mol. The molecule has 0 radical (unpaired) electrons. The number of hydrogen-bond donors (Lipinski definition) is 0. The number of nitro groups is 1. The van der Waals surface area contributed by atoms with Crippen LogP contribution in [0.2, 0.25) is 0 Å². The van der Waals surface area contributed by atoms with Crippen LogP contribution in [0.3, 0.4) is 0 Å². The summed E-state index contributed by atoms with van der Waals surface area (Å²) >= 11 is 1.36. The summed E-state index contributed by atoms with van der Waals surface area (Å²) in [5, 5.41) is 11.3. The van der Waals surface area contributed by atoms with E-state index in [-0.39, 0.29) is 17.2 Å². The molecular formula is C18H16FN3O4S2. The molecule has 2 aliphatic rings. The first kappa shape index (κ1) is 18.9. The molecule has 0 amide bonds. The lowest BCUT2D eigenvalue weighted by Gasteiger charge is -2.26. The number of anilines is 1. The molecule has 2 aromatic carbocycles. The van der Waals surface area contributed by atoms with Crippen molar-refractivity contribution in [2.75, 3.05) is 16.4 Å². The normalized spacial score (nSPS) is 22.8. The summed E-state index contributed by atoms with van der Waals surface area (Å²) in [5.74, 6) is -0.0500. The lowest BCUT2D eigenvalue weighted by molar-refractivity contribution is -0.384. The van der Waals surface area contributed by atoms with E-state index in [1.54, 1.807) is 35.2 Å². The molecule has 2 atom stereocenters. The van der Waals surface area contributed by atoms with E-state index < -0.39 is 32.7 Å². The highest BCUT2D eigenvalue weighted by molar-refractivity contribution is 8.13. The maximum absolute atomic E-state index is 14.4. The van der Waals surface area contributed by atoms with Crippen LogP contribution in [0.4, 0.5) is 15.8 Å². The van der Waals surface area contributed by atoms with E-state index >= 15 is 0 Å². The molecule has 1 fully saturated rings. The first-order valence-corrected chi connectivity index (χ1v) is 11.3. The molecule has 2 heterocycles. The van der Waals surface area contributed by atoms with Gasteiger partial charge in [-0.05, 0) is 17.7 Å². The van der Waals surface area contributed by atoms with Crippen LogP contribution in [0.25, 0.3) is 0 Å². The molecule has 7 nitrogen and oxygen atoms in total. The molecule has 0 saturated carbocycles. The number of para-hydroxylation sites is 1. The molecule has 0 spiro atoms. The van der Waals surface area contributed by atoms with Gasteiger partial charge in [0, 0.05) is 17.9 Å². The van der Waals surface area contributed by atoms with Crippen molar-refractivity contribution in [3.8, 4) is 0 Å². The van der Waals surface area contributed by atoms with Crippen molar-refractivity contribution in [2.45, 2.75) is 17.8 Å². The maximum atomic E-state index is 14.4. The number of hydrogen-bond acceptors (Lipinski definition) is 7. The zero-order chi connectivity index (χ0) is 19.9. The van der Waals surface area contributed by atoms with Gasteiger partial charge in [-0.25, -0.2) is 12.8 Å². The third-order valence-corrected chi connectivity index (χ3v) is 7.47. The minimum absolute atomic E-state index is 0.0136. The van der Waals surface area contributed by atoms with Crippen LogP contribution in [-0.2, 0) is 15.6 Å². The maximum Gasteiger partial charge on any atom is 0.269 e. The Morgan fingerprint density at radius 1 is 1.18 bits per heavy atom. The largest absolute Gasteiger partial charge is 0.312 e. The molecule has 4 rings (SSSR count). The van der Waals surface area contributed by atoms with Gasteiger partial charge < -0.3 is 4.90 Å². The first-order chi connectivity index (χ1) is 13.3. The van der Waals surface area contributed by atoms with E-state index in [2.05, 4.69) is 4.99 Å². The number of sulfone groups is 1. The predicted molar refractivity (Wildman–Crippen MR) is 107 cm³/mol. The van der Waals surface area contributed by atoms with Crippen LogP contribution in [0.15, 0.2) is 53.5 Å². The van der Waals surface area contributed by atoms with Crippen molar-refractivity contribution in [1.29, 1.82) is 0 Å². The second kappa shape index (κ2) is 7.17. The summed E-state index contributed by atoms with van der Waals surface area (Å²) in [4.78, 5) is 16.5. The molecule has 0 bridgehead atoms. The van der Waals surface area contributed by atoms with Crippen LogP contribution in [0.5, 0.6) is 0 Å². The number of non-ortho nitro benzene ring substituents is 1. The molecule has 0 N–H and O–H groups in total. The summed E-state index contributed by atoms with van der Waals surface area (Å²) in [6.07, 6.45) is 0. The molecule has 28 heavy (non-hydrogen) atoms. The molecule has 1 saturated heterocycles. The number of aliphatic imine (C=N–C) groups is 1. The van der Waals surface area contributed by atoms with Crippen LogP contribution < -0.4 is 4.90 Å². The molecule has 10 heteroatoms. The second-order valence-corrected chi connectivity index (χ2v) is 9.75. The fraction of sp³-hybridized carbons (Fsp3) is 0.278. The third-order valence-electron chi connectivity index (χ3n) is 4.73. The molecule has 2 unspecified atom stereocenters. The van der Waals surface area contributed by atoms with Crippen LogP contribution in [-0.4, -0.2) is 42.1 Å². The van der Waals surface area contributed by atoms with Gasteiger partial charge in [0.1, 0.15) is 5.82 Å². The van der Waals surface area contributed by atoms with E-state index in [0.717, 1.165) is 5.56 Å². The van der Waals surface area contributed by atoms with Crippen molar-refractivity contribution in [1.82, 2.24) is 0 Å². The van der Waals surface area contributed by atoms with Gasteiger partial charge in [0.2, 0.25) is 0 Å². The summed E-state index contributed by atoms with van der Waals surface area (Å²) in [7, 11) is -3.21. The van der Waals surface area contributed by atoms with Crippen LogP contribution in [0.1, 0.15) is 5.56 Å². The Labute approximate surface area is 165 Å². The lowest BCUT2D eigenvalue weighted by Crippen LogP contribution is -2.39. The molecule has 2 aliphatic heterocycles. The quantitative estimate of drug-likeness (QED) is 0.557. The summed E-state index contributed by atoms with van der Waals surface area (Å²) in [5.41, 5.74) is 1.18. The van der Waals surface area contributed by atoms with Crippen molar-refractivity contribution in [2.24, 2.45) is 4.99 Å².